The predicted octanol–water partition coefficient (Wildman–Crippen LogP) is 1.89. The third kappa shape index (κ3) is 2.34. The van der Waals surface area contributed by atoms with Crippen LogP contribution in [0.2, 0.25) is 0 Å². The van der Waals surface area contributed by atoms with Crippen molar-refractivity contribution < 1.29 is 4.79 Å². The van der Waals surface area contributed by atoms with E-state index in [4.69, 9.17) is 0 Å². The fourth-order valence-corrected chi connectivity index (χ4v) is 2.15. The number of benzene rings is 1. The predicted molar refractivity (Wildman–Crippen MR) is 64.0 cm³/mol. The molecule has 0 fully saturated rings. The summed E-state index contributed by atoms with van der Waals surface area (Å²) in [6, 6.07) is 8.35. The molecule has 0 radical (unpaired) electrons. The molecule has 15 heavy (non-hydrogen) atoms. The van der Waals surface area contributed by atoms with Crippen molar-refractivity contribution >= 4 is 18.5 Å². The molecule has 0 saturated heterocycles. The van der Waals surface area contributed by atoms with Crippen LogP contribution in [-0.2, 0) is 17.8 Å². The van der Waals surface area contributed by atoms with E-state index < -0.39 is 0 Å². The maximum atomic E-state index is 11.7. The molecule has 2 nitrogen and oxygen atoms in total. The third-order valence-electron chi connectivity index (χ3n) is 2.81. The molecule has 0 saturated carbocycles. The highest BCUT2D eigenvalue weighted by atomic mass is 32.1. The average Bonchev–Trinajstić information content (AvgIpc) is 2.29. The molecule has 0 aliphatic carbocycles. The van der Waals surface area contributed by atoms with E-state index >= 15 is 0 Å². The minimum Gasteiger partial charge on any atom is -0.338 e. The molecule has 1 aliphatic rings. The van der Waals surface area contributed by atoms with Gasteiger partial charge in [-0.15, -0.1) is 0 Å². The Bertz CT molecular complexity index is 364. The molecule has 0 spiro atoms. The summed E-state index contributed by atoms with van der Waals surface area (Å²) in [6.45, 7) is 1.62. The Labute approximate surface area is 95.7 Å². The van der Waals surface area contributed by atoms with Crippen LogP contribution in [0, 0.1) is 0 Å². The van der Waals surface area contributed by atoms with Gasteiger partial charge in [-0.3, -0.25) is 4.79 Å². The Balaban J connectivity index is 2.08. The lowest BCUT2D eigenvalue weighted by Crippen LogP contribution is -2.35. The van der Waals surface area contributed by atoms with Crippen LogP contribution in [0.25, 0.3) is 0 Å². The fraction of sp³-hybridized carbons (Fsp3) is 0.417. The number of nitrogens with zero attached hydrogens (tertiary/aromatic N) is 1. The average molecular weight is 221 g/mol. The van der Waals surface area contributed by atoms with Gasteiger partial charge in [-0.2, -0.15) is 12.6 Å². The lowest BCUT2D eigenvalue weighted by atomic mass is 10.00. The van der Waals surface area contributed by atoms with E-state index in [1.54, 1.807) is 0 Å². The Hall–Kier alpha value is -0.960. The van der Waals surface area contributed by atoms with Gasteiger partial charge in [0.15, 0.2) is 0 Å². The number of thiol groups is 1. The first kappa shape index (κ1) is 10.6. The molecule has 0 bridgehead atoms. The van der Waals surface area contributed by atoms with Crippen LogP contribution < -0.4 is 0 Å². The molecule has 80 valence electrons. The minimum absolute atomic E-state index is 0.222. The molecule has 1 amide bonds. The van der Waals surface area contributed by atoms with Crippen LogP contribution in [0.15, 0.2) is 24.3 Å². The highest BCUT2D eigenvalue weighted by molar-refractivity contribution is 7.80. The molecular weight excluding hydrogens is 206 g/mol. The van der Waals surface area contributed by atoms with Crippen molar-refractivity contribution in [1.29, 1.82) is 0 Å². The quantitative estimate of drug-likeness (QED) is 0.756. The maximum Gasteiger partial charge on any atom is 0.223 e. The van der Waals surface area contributed by atoms with Crippen molar-refractivity contribution in [2.45, 2.75) is 19.4 Å². The number of carbonyl (C=O) groups is 1. The van der Waals surface area contributed by atoms with E-state index in [9.17, 15) is 4.79 Å². The standard InChI is InChI=1S/C12H15NOS/c14-12(6-8-15)13-7-5-10-3-1-2-4-11(10)9-13/h1-4,15H,5-9H2. The van der Waals surface area contributed by atoms with Gasteiger partial charge in [0, 0.05) is 19.5 Å². The summed E-state index contributed by atoms with van der Waals surface area (Å²) in [5, 5.41) is 0. The topological polar surface area (TPSA) is 20.3 Å². The first-order valence-electron chi connectivity index (χ1n) is 5.26. The van der Waals surface area contributed by atoms with Crippen molar-refractivity contribution in [2.24, 2.45) is 0 Å². The van der Waals surface area contributed by atoms with Crippen molar-refractivity contribution in [3.8, 4) is 0 Å². The highest BCUT2D eigenvalue weighted by Crippen LogP contribution is 2.18. The molecule has 1 heterocycles. The Morgan fingerprint density at radius 2 is 2.07 bits per heavy atom. The third-order valence-corrected chi connectivity index (χ3v) is 3.03. The Morgan fingerprint density at radius 1 is 1.33 bits per heavy atom. The number of carbonyl (C=O) groups excluding carboxylic acids is 1. The van der Waals surface area contributed by atoms with Crippen molar-refractivity contribution in [2.75, 3.05) is 12.3 Å². The van der Waals surface area contributed by atoms with Crippen LogP contribution in [0.4, 0.5) is 0 Å². The van der Waals surface area contributed by atoms with Gasteiger partial charge >= 0.3 is 0 Å². The van der Waals surface area contributed by atoms with Crippen LogP contribution in [-0.4, -0.2) is 23.1 Å². The van der Waals surface area contributed by atoms with Gasteiger partial charge in [0.2, 0.25) is 5.91 Å². The normalized spacial score (nSPS) is 14.9. The van der Waals surface area contributed by atoms with Crippen LogP contribution >= 0.6 is 12.6 Å². The lowest BCUT2D eigenvalue weighted by Gasteiger charge is -2.28. The van der Waals surface area contributed by atoms with Crippen molar-refractivity contribution in [3.05, 3.63) is 35.4 Å². The second kappa shape index (κ2) is 4.71. The van der Waals surface area contributed by atoms with Gasteiger partial charge < -0.3 is 4.90 Å². The fourth-order valence-electron chi connectivity index (χ4n) is 1.96. The zero-order valence-electron chi connectivity index (χ0n) is 8.65. The number of fused-ring (bicyclic) bond motifs is 1. The second-order valence-corrected chi connectivity index (χ2v) is 4.25. The highest BCUT2D eigenvalue weighted by Gasteiger charge is 2.19. The van der Waals surface area contributed by atoms with E-state index in [2.05, 4.69) is 30.8 Å². The van der Waals surface area contributed by atoms with E-state index in [0.717, 1.165) is 19.5 Å². The summed E-state index contributed by atoms with van der Waals surface area (Å²) in [5.41, 5.74) is 2.67. The molecule has 0 aromatic heterocycles. The summed E-state index contributed by atoms with van der Waals surface area (Å²) in [5.74, 6) is 0.858. The van der Waals surface area contributed by atoms with E-state index in [-0.39, 0.29) is 5.91 Å². The first-order chi connectivity index (χ1) is 7.31. The molecule has 0 unspecified atom stereocenters. The van der Waals surface area contributed by atoms with Crippen molar-refractivity contribution in [1.82, 2.24) is 4.90 Å². The van der Waals surface area contributed by atoms with Crippen molar-refractivity contribution in [3.63, 3.8) is 0 Å². The second-order valence-electron chi connectivity index (χ2n) is 3.81. The van der Waals surface area contributed by atoms with Gasteiger partial charge in [0.25, 0.3) is 0 Å². The Morgan fingerprint density at radius 3 is 2.80 bits per heavy atom. The molecule has 0 atom stereocenters. The molecule has 1 aromatic rings. The number of hydrogen-bond donors (Lipinski definition) is 1. The first-order valence-corrected chi connectivity index (χ1v) is 5.90. The van der Waals surface area contributed by atoms with Crippen LogP contribution in [0.5, 0.6) is 0 Å². The smallest absolute Gasteiger partial charge is 0.223 e. The van der Waals surface area contributed by atoms with E-state index in [1.165, 1.54) is 11.1 Å². The van der Waals surface area contributed by atoms with Gasteiger partial charge in [0.05, 0.1) is 0 Å². The number of amides is 1. The van der Waals surface area contributed by atoms with Gasteiger partial charge in [-0.05, 0) is 23.3 Å². The van der Waals surface area contributed by atoms with Gasteiger partial charge in [-0.25, -0.2) is 0 Å². The monoisotopic (exact) mass is 221 g/mol. The SMILES string of the molecule is O=C(CCS)N1CCc2ccccc2C1. The van der Waals surface area contributed by atoms with Gasteiger partial charge in [0.1, 0.15) is 0 Å². The van der Waals surface area contributed by atoms with Crippen LogP contribution in [0.3, 0.4) is 0 Å². The molecule has 2 rings (SSSR count). The molecular formula is C12H15NOS. The largest absolute Gasteiger partial charge is 0.338 e. The molecule has 3 heteroatoms. The van der Waals surface area contributed by atoms with E-state index in [0.29, 0.717) is 12.2 Å². The summed E-state index contributed by atoms with van der Waals surface area (Å²) in [7, 11) is 0. The molecule has 0 N–H and O–H groups in total. The van der Waals surface area contributed by atoms with E-state index in [1.807, 2.05) is 11.0 Å². The van der Waals surface area contributed by atoms with Gasteiger partial charge in [-0.1, -0.05) is 24.3 Å². The summed E-state index contributed by atoms with van der Waals surface area (Å²) < 4.78 is 0. The summed E-state index contributed by atoms with van der Waals surface area (Å²) in [4.78, 5) is 13.6. The number of hydrogen-bond acceptors (Lipinski definition) is 2. The maximum absolute atomic E-state index is 11.7. The lowest BCUT2D eigenvalue weighted by molar-refractivity contribution is -0.131. The summed E-state index contributed by atoms with van der Waals surface area (Å²) >= 11 is 4.09. The Kier molecular flexibility index (Phi) is 3.31. The molecule has 1 aromatic carbocycles. The molecule has 1 aliphatic heterocycles. The minimum atomic E-state index is 0.222. The van der Waals surface area contributed by atoms with Crippen LogP contribution in [0.1, 0.15) is 17.5 Å². The zero-order valence-corrected chi connectivity index (χ0v) is 9.54. The summed E-state index contributed by atoms with van der Waals surface area (Å²) in [6.07, 6.45) is 1.53. The number of rotatable bonds is 2. The zero-order chi connectivity index (χ0) is 10.7.